The second kappa shape index (κ2) is 5.29. The summed E-state index contributed by atoms with van der Waals surface area (Å²) < 4.78 is 11.3. The van der Waals surface area contributed by atoms with E-state index in [2.05, 4.69) is 18.2 Å². The Bertz CT molecular complexity index is 413. The Hall–Kier alpha value is -1.06. The first kappa shape index (κ1) is 12.0. The molecule has 1 heterocycles. The molecule has 0 saturated carbocycles. The largest absolute Gasteiger partial charge is 0.493 e. The molecule has 2 aliphatic rings. The van der Waals surface area contributed by atoms with E-state index in [9.17, 15) is 0 Å². The molecule has 0 aromatic heterocycles. The van der Waals surface area contributed by atoms with Crippen LogP contribution in [0, 0.1) is 5.92 Å². The molecule has 1 aromatic rings. The third-order valence-corrected chi connectivity index (χ3v) is 4.07. The molecule has 1 saturated heterocycles. The summed E-state index contributed by atoms with van der Waals surface area (Å²) >= 11 is 0. The third kappa shape index (κ3) is 2.52. The number of hydrogen-bond donors (Lipinski definition) is 1. The van der Waals surface area contributed by atoms with E-state index in [0.29, 0.717) is 5.92 Å². The Morgan fingerprint density at radius 1 is 1.22 bits per heavy atom. The molecule has 1 atom stereocenters. The predicted molar refractivity (Wildman–Crippen MR) is 70.7 cm³/mol. The second-order valence-corrected chi connectivity index (χ2v) is 5.37. The molecule has 3 rings (SSSR count). The minimum Gasteiger partial charge on any atom is -0.493 e. The van der Waals surface area contributed by atoms with Gasteiger partial charge in [0, 0.05) is 19.3 Å². The molecule has 0 amide bonds. The Morgan fingerprint density at radius 2 is 2.06 bits per heavy atom. The van der Waals surface area contributed by atoms with Crippen LogP contribution in [-0.2, 0) is 11.2 Å². The van der Waals surface area contributed by atoms with Gasteiger partial charge in [0.05, 0.1) is 6.61 Å². The molecule has 3 nitrogen and oxygen atoms in total. The van der Waals surface area contributed by atoms with Crippen molar-refractivity contribution in [3.8, 4) is 5.75 Å². The lowest BCUT2D eigenvalue weighted by Gasteiger charge is -2.22. The van der Waals surface area contributed by atoms with Crippen molar-refractivity contribution in [1.82, 2.24) is 0 Å². The van der Waals surface area contributed by atoms with Gasteiger partial charge in [-0.15, -0.1) is 0 Å². The quantitative estimate of drug-likeness (QED) is 0.892. The Labute approximate surface area is 108 Å². The first-order valence-corrected chi connectivity index (χ1v) is 6.92. The summed E-state index contributed by atoms with van der Waals surface area (Å²) in [5.74, 6) is 1.64. The number of hydrogen-bond acceptors (Lipinski definition) is 3. The lowest BCUT2D eigenvalue weighted by Crippen LogP contribution is -2.21. The van der Waals surface area contributed by atoms with E-state index in [-0.39, 0.29) is 6.04 Å². The van der Waals surface area contributed by atoms with Crippen LogP contribution in [-0.4, -0.2) is 19.8 Å². The SMILES string of the molecule is N[C@@H]1CCc2cc(OCC3CCOCC3)ccc21. The van der Waals surface area contributed by atoms with Gasteiger partial charge in [0.25, 0.3) is 0 Å². The number of fused-ring (bicyclic) bond motifs is 1. The molecule has 18 heavy (non-hydrogen) atoms. The summed E-state index contributed by atoms with van der Waals surface area (Å²) in [5, 5.41) is 0. The van der Waals surface area contributed by atoms with Crippen molar-refractivity contribution < 1.29 is 9.47 Å². The highest BCUT2D eigenvalue weighted by molar-refractivity contribution is 5.40. The fourth-order valence-corrected chi connectivity index (χ4v) is 2.84. The van der Waals surface area contributed by atoms with E-state index < -0.39 is 0 Å². The molecule has 3 heteroatoms. The van der Waals surface area contributed by atoms with Gasteiger partial charge in [-0.25, -0.2) is 0 Å². The number of ether oxygens (including phenoxy) is 2. The van der Waals surface area contributed by atoms with Gasteiger partial charge in [-0.05, 0) is 54.9 Å². The van der Waals surface area contributed by atoms with Crippen LogP contribution in [0.15, 0.2) is 18.2 Å². The number of benzene rings is 1. The summed E-state index contributed by atoms with van der Waals surface area (Å²) in [6.45, 7) is 2.58. The molecular formula is C15H21NO2. The molecule has 1 aliphatic heterocycles. The molecule has 0 unspecified atom stereocenters. The zero-order valence-electron chi connectivity index (χ0n) is 10.7. The maximum atomic E-state index is 6.03. The van der Waals surface area contributed by atoms with E-state index in [1.807, 2.05) is 0 Å². The van der Waals surface area contributed by atoms with Crippen molar-refractivity contribution in [2.24, 2.45) is 11.7 Å². The highest BCUT2D eigenvalue weighted by atomic mass is 16.5. The molecule has 98 valence electrons. The summed E-state index contributed by atoms with van der Waals surface area (Å²) in [6.07, 6.45) is 4.40. The molecule has 1 aromatic carbocycles. The molecule has 1 aliphatic carbocycles. The minimum absolute atomic E-state index is 0.226. The van der Waals surface area contributed by atoms with Gasteiger partial charge in [0.15, 0.2) is 0 Å². The van der Waals surface area contributed by atoms with Crippen LogP contribution in [0.1, 0.15) is 36.4 Å². The Balaban J connectivity index is 1.60. The van der Waals surface area contributed by atoms with Crippen LogP contribution in [0.2, 0.25) is 0 Å². The summed E-state index contributed by atoms with van der Waals surface area (Å²) in [7, 11) is 0. The summed E-state index contributed by atoms with van der Waals surface area (Å²) in [4.78, 5) is 0. The topological polar surface area (TPSA) is 44.5 Å². The van der Waals surface area contributed by atoms with E-state index in [1.165, 1.54) is 11.1 Å². The average molecular weight is 247 g/mol. The summed E-state index contributed by atoms with van der Waals surface area (Å²) in [6, 6.07) is 6.58. The average Bonchev–Trinajstić information content (AvgIpc) is 2.79. The maximum absolute atomic E-state index is 6.03. The van der Waals surface area contributed by atoms with Gasteiger partial charge >= 0.3 is 0 Å². The molecule has 1 fully saturated rings. The van der Waals surface area contributed by atoms with Gasteiger partial charge < -0.3 is 15.2 Å². The second-order valence-electron chi connectivity index (χ2n) is 5.37. The van der Waals surface area contributed by atoms with E-state index in [4.69, 9.17) is 15.2 Å². The lowest BCUT2D eigenvalue weighted by atomic mass is 10.0. The third-order valence-electron chi connectivity index (χ3n) is 4.07. The van der Waals surface area contributed by atoms with Crippen molar-refractivity contribution >= 4 is 0 Å². The molecule has 2 N–H and O–H groups in total. The first-order chi connectivity index (χ1) is 8.83. The van der Waals surface area contributed by atoms with E-state index in [1.54, 1.807) is 0 Å². The predicted octanol–water partition coefficient (Wildman–Crippen LogP) is 2.44. The van der Waals surface area contributed by atoms with E-state index in [0.717, 1.165) is 51.3 Å². The van der Waals surface area contributed by atoms with Gasteiger partial charge in [0.2, 0.25) is 0 Å². The van der Waals surface area contributed by atoms with Crippen LogP contribution < -0.4 is 10.5 Å². The molecule has 0 bridgehead atoms. The number of aryl methyl sites for hydroxylation is 1. The fourth-order valence-electron chi connectivity index (χ4n) is 2.84. The van der Waals surface area contributed by atoms with Crippen molar-refractivity contribution in [3.05, 3.63) is 29.3 Å². The zero-order chi connectivity index (χ0) is 12.4. The normalized spacial score (nSPS) is 23.9. The zero-order valence-corrected chi connectivity index (χ0v) is 10.7. The van der Waals surface area contributed by atoms with Crippen molar-refractivity contribution in [3.63, 3.8) is 0 Å². The smallest absolute Gasteiger partial charge is 0.119 e. The lowest BCUT2D eigenvalue weighted by molar-refractivity contribution is 0.0497. The van der Waals surface area contributed by atoms with Crippen molar-refractivity contribution in [2.75, 3.05) is 19.8 Å². The number of rotatable bonds is 3. The van der Waals surface area contributed by atoms with Crippen molar-refractivity contribution in [1.29, 1.82) is 0 Å². The van der Waals surface area contributed by atoms with Crippen LogP contribution in [0.25, 0.3) is 0 Å². The van der Waals surface area contributed by atoms with E-state index >= 15 is 0 Å². The van der Waals surface area contributed by atoms with Gasteiger partial charge in [0.1, 0.15) is 5.75 Å². The van der Waals surface area contributed by atoms with Crippen LogP contribution in [0.4, 0.5) is 0 Å². The molecule has 0 radical (unpaired) electrons. The van der Waals surface area contributed by atoms with Crippen LogP contribution in [0.5, 0.6) is 5.75 Å². The highest BCUT2D eigenvalue weighted by Crippen LogP contribution is 2.32. The highest BCUT2D eigenvalue weighted by Gasteiger charge is 2.19. The van der Waals surface area contributed by atoms with Gasteiger partial charge in [-0.1, -0.05) is 6.07 Å². The minimum atomic E-state index is 0.226. The Morgan fingerprint density at radius 3 is 2.89 bits per heavy atom. The Kier molecular flexibility index (Phi) is 3.52. The maximum Gasteiger partial charge on any atom is 0.119 e. The standard InChI is InChI=1S/C15H21NO2/c16-15-4-1-12-9-13(2-3-14(12)15)18-10-11-5-7-17-8-6-11/h2-3,9,11,15H,1,4-8,10,16H2/t15-/m1/s1. The monoisotopic (exact) mass is 247 g/mol. The molecule has 0 spiro atoms. The van der Waals surface area contributed by atoms with Gasteiger partial charge in [-0.3, -0.25) is 0 Å². The van der Waals surface area contributed by atoms with Crippen LogP contribution >= 0.6 is 0 Å². The van der Waals surface area contributed by atoms with Gasteiger partial charge in [-0.2, -0.15) is 0 Å². The van der Waals surface area contributed by atoms with Crippen molar-refractivity contribution in [2.45, 2.75) is 31.7 Å². The van der Waals surface area contributed by atoms with Crippen LogP contribution in [0.3, 0.4) is 0 Å². The summed E-state index contributed by atoms with van der Waals surface area (Å²) in [5.41, 5.74) is 8.70. The fraction of sp³-hybridized carbons (Fsp3) is 0.600. The number of nitrogens with two attached hydrogens (primary N) is 1. The molecular weight excluding hydrogens is 226 g/mol. The first-order valence-electron chi connectivity index (χ1n) is 6.92.